The number of rotatable bonds is 7. The second-order valence-electron chi connectivity index (χ2n) is 6.07. The van der Waals surface area contributed by atoms with Crippen molar-refractivity contribution in [2.24, 2.45) is 0 Å². The monoisotopic (exact) mass is 358 g/mol. The van der Waals surface area contributed by atoms with Gasteiger partial charge in [0.25, 0.3) is 5.91 Å². The first-order valence-corrected chi connectivity index (χ1v) is 8.21. The molecule has 0 radical (unpaired) electrons. The number of nitro benzene ring substituents is 1. The Morgan fingerprint density at radius 3 is 2.31 bits per heavy atom. The quantitative estimate of drug-likeness (QED) is 0.599. The van der Waals surface area contributed by atoms with E-state index in [1.165, 1.54) is 25.3 Å². The first kappa shape index (κ1) is 19.2. The number of methoxy groups -OCH3 is 1. The standard InChI is InChI=1S/C19H22N2O5/c1-12(2)26-16-8-5-14(6-9-16)13(3)20-19(22)15-7-10-18(25-4)17(11-15)21(23)24/h5-13H,1-4H3,(H,20,22). The van der Waals surface area contributed by atoms with Crippen molar-refractivity contribution >= 4 is 11.6 Å². The van der Waals surface area contributed by atoms with E-state index in [2.05, 4.69) is 5.32 Å². The fraction of sp³-hybridized carbons (Fsp3) is 0.316. The molecule has 0 saturated heterocycles. The van der Waals surface area contributed by atoms with Crippen LogP contribution < -0.4 is 14.8 Å². The van der Waals surface area contributed by atoms with E-state index < -0.39 is 10.8 Å². The van der Waals surface area contributed by atoms with Crippen LogP contribution in [0.15, 0.2) is 42.5 Å². The number of amides is 1. The van der Waals surface area contributed by atoms with Crippen molar-refractivity contribution in [1.82, 2.24) is 5.32 Å². The highest BCUT2D eigenvalue weighted by Crippen LogP contribution is 2.28. The summed E-state index contributed by atoms with van der Waals surface area (Å²) in [7, 11) is 1.34. The Labute approximate surface area is 152 Å². The molecule has 1 unspecified atom stereocenters. The minimum absolute atomic E-state index is 0.0869. The van der Waals surface area contributed by atoms with E-state index >= 15 is 0 Å². The Hall–Kier alpha value is -3.09. The molecule has 0 aromatic heterocycles. The summed E-state index contributed by atoms with van der Waals surface area (Å²) < 4.78 is 10.5. The molecule has 7 heteroatoms. The molecular weight excluding hydrogens is 336 g/mol. The van der Waals surface area contributed by atoms with Crippen LogP contribution in [0.1, 0.15) is 42.7 Å². The normalized spacial score (nSPS) is 11.7. The summed E-state index contributed by atoms with van der Waals surface area (Å²) in [5, 5.41) is 13.9. The third-order valence-corrected chi connectivity index (χ3v) is 3.74. The van der Waals surface area contributed by atoms with Crippen molar-refractivity contribution in [3.05, 3.63) is 63.7 Å². The van der Waals surface area contributed by atoms with Gasteiger partial charge in [-0.2, -0.15) is 0 Å². The first-order chi connectivity index (χ1) is 12.3. The van der Waals surface area contributed by atoms with Crippen molar-refractivity contribution in [3.63, 3.8) is 0 Å². The van der Waals surface area contributed by atoms with E-state index in [9.17, 15) is 14.9 Å². The summed E-state index contributed by atoms with van der Waals surface area (Å²) in [6.45, 7) is 5.74. The number of nitro groups is 1. The van der Waals surface area contributed by atoms with E-state index in [1.54, 1.807) is 0 Å². The maximum absolute atomic E-state index is 12.4. The summed E-state index contributed by atoms with van der Waals surface area (Å²) in [6, 6.07) is 11.3. The molecule has 26 heavy (non-hydrogen) atoms. The molecule has 1 N–H and O–H groups in total. The second-order valence-corrected chi connectivity index (χ2v) is 6.07. The van der Waals surface area contributed by atoms with Crippen LogP contribution in [0.3, 0.4) is 0 Å². The fourth-order valence-electron chi connectivity index (χ4n) is 2.44. The molecule has 2 aromatic rings. The zero-order valence-corrected chi connectivity index (χ0v) is 15.2. The average molecular weight is 358 g/mol. The number of ether oxygens (including phenoxy) is 2. The molecule has 138 valence electrons. The molecule has 1 amide bonds. The van der Waals surface area contributed by atoms with Crippen molar-refractivity contribution in [2.45, 2.75) is 32.9 Å². The maximum Gasteiger partial charge on any atom is 0.311 e. The highest BCUT2D eigenvalue weighted by molar-refractivity contribution is 5.95. The number of hydrogen-bond donors (Lipinski definition) is 1. The lowest BCUT2D eigenvalue weighted by Gasteiger charge is -2.16. The van der Waals surface area contributed by atoms with Crippen LogP contribution in [-0.2, 0) is 0 Å². The van der Waals surface area contributed by atoms with Crippen LogP contribution in [0.25, 0.3) is 0 Å². The molecule has 7 nitrogen and oxygen atoms in total. The SMILES string of the molecule is COc1ccc(C(=O)NC(C)c2ccc(OC(C)C)cc2)cc1[N+](=O)[O-]. The van der Waals surface area contributed by atoms with Gasteiger partial charge in [0.15, 0.2) is 5.75 Å². The predicted octanol–water partition coefficient (Wildman–Crippen LogP) is 3.88. The molecular formula is C19H22N2O5. The largest absolute Gasteiger partial charge is 0.491 e. The maximum atomic E-state index is 12.4. The Balaban J connectivity index is 2.11. The Morgan fingerprint density at radius 2 is 1.77 bits per heavy atom. The van der Waals surface area contributed by atoms with E-state index in [1.807, 2.05) is 45.0 Å². The lowest BCUT2D eigenvalue weighted by molar-refractivity contribution is -0.385. The molecule has 0 fully saturated rings. The van der Waals surface area contributed by atoms with Crippen LogP contribution in [-0.4, -0.2) is 24.0 Å². The third-order valence-electron chi connectivity index (χ3n) is 3.74. The predicted molar refractivity (Wildman–Crippen MR) is 97.7 cm³/mol. The number of nitrogens with zero attached hydrogens (tertiary/aromatic N) is 1. The number of carbonyl (C=O) groups excluding carboxylic acids is 1. The molecule has 0 aliphatic rings. The van der Waals surface area contributed by atoms with E-state index in [0.29, 0.717) is 0 Å². The van der Waals surface area contributed by atoms with Gasteiger partial charge in [0, 0.05) is 11.6 Å². The minimum atomic E-state index is -0.577. The summed E-state index contributed by atoms with van der Waals surface area (Å²) in [5.74, 6) is 0.471. The van der Waals surface area contributed by atoms with Crippen molar-refractivity contribution in [3.8, 4) is 11.5 Å². The molecule has 2 aromatic carbocycles. The van der Waals surface area contributed by atoms with Gasteiger partial charge in [-0.15, -0.1) is 0 Å². The Morgan fingerprint density at radius 1 is 1.12 bits per heavy atom. The van der Waals surface area contributed by atoms with Crippen LogP contribution in [0.2, 0.25) is 0 Å². The number of hydrogen-bond acceptors (Lipinski definition) is 5. The van der Waals surface area contributed by atoms with Crippen LogP contribution in [0.4, 0.5) is 5.69 Å². The van der Waals surface area contributed by atoms with Crippen molar-refractivity contribution in [1.29, 1.82) is 0 Å². The number of carbonyl (C=O) groups is 1. The molecule has 2 rings (SSSR count). The van der Waals surface area contributed by atoms with Gasteiger partial charge in [0.2, 0.25) is 0 Å². The summed E-state index contributed by atoms with van der Waals surface area (Å²) >= 11 is 0. The van der Waals surface area contributed by atoms with Gasteiger partial charge in [0.1, 0.15) is 5.75 Å². The molecule has 0 aliphatic heterocycles. The second kappa shape index (κ2) is 8.33. The van der Waals surface area contributed by atoms with Gasteiger partial charge < -0.3 is 14.8 Å². The van der Waals surface area contributed by atoms with Crippen LogP contribution >= 0.6 is 0 Å². The summed E-state index contributed by atoms with van der Waals surface area (Å²) in [6.07, 6.45) is 0.0869. The Bertz CT molecular complexity index is 787. The van der Waals surface area contributed by atoms with Gasteiger partial charge in [0.05, 0.1) is 24.2 Å². The lowest BCUT2D eigenvalue weighted by Crippen LogP contribution is -2.26. The van der Waals surface area contributed by atoms with Crippen LogP contribution in [0, 0.1) is 10.1 Å². The molecule has 0 aliphatic carbocycles. The van der Waals surface area contributed by atoms with Gasteiger partial charge >= 0.3 is 5.69 Å². The topological polar surface area (TPSA) is 90.7 Å². The van der Waals surface area contributed by atoms with Gasteiger partial charge in [-0.1, -0.05) is 12.1 Å². The number of benzene rings is 2. The van der Waals surface area contributed by atoms with Gasteiger partial charge in [-0.25, -0.2) is 0 Å². The van der Waals surface area contributed by atoms with E-state index in [-0.39, 0.29) is 29.1 Å². The van der Waals surface area contributed by atoms with Gasteiger partial charge in [-0.05, 0) is 50.6 Å². The minimum Gasteiger partial charge on any atom is -0.491 e. The van der Waals surface area contributed by atoms with E-state index in [4.69, 9.17) is 9.47 Å². The van der Waals surface area contributed by atoms with Gasteiger partial charge in [-0.3, -0.25) is 14.9 Å². The molecule has 1 atom stereocenters. The highest BCUT2D eigenvalue weighted by Gasteiger charge is 2.19. The summed E-state index contributed by atoms with van der Waals surface area (Å²) in [4.78, 5) is 22.9. The molecule has 0 heterocycles. The third kappa shape index (κ3) is 4.72. The fourth-order valence-corrected chi connectivity index (χ4v) is 2.44. The zero-order chi connectivity index (χ0) is 19.3. The van der Waals surface area contributed by atoms with Crippen molar-refractivity contribution in [2.75, 3.05) is 7.11 Å². The number of nitrogens with one attached hydrogen (secondary N) is 1. The molecule has 0 bridgehead atoms. The first-order valence-electron chi connectivity index (χ1n) is 8.21. The Kier molecular flexibility index (Phi) is 6.16. The van der Waals surface area contributed by atoms with E-state index in [0.717, 1.165) is 11.3 Å². The molecule has 0 spiro atoms. The average Bonchev–Trinajstić information content (AvgIpc) is 2.61. The summed E-state index contributed by atoms with van der Waals surface area (Å²) in [5.41, 5.74) is 0.851. The lowest BCUT2D eigenvalue weighted by atomic mass is 10.1. The highest BCUT2D eigenvalue weighted by atomic mass is 16.6. The van der Waals surface area contributed by atoms with Crippen molar-refractivity contribution < 1.29 is 19.2 Å². The zero-order valence-electron chi connectivity index (χ0n) is 15.2. The smallest absolute Gasteiger partial charge is 0.311 e. The molecule has 0 saturated carbocycles. The van der Waals surface area contributed by atoms with Crippen LogP contribution in [0.5, 0.6) is 11.5 Å².